The van der Waals surface area contributed by atoms with Gasteiger partial charge in [0, 0.05) is 13.1 Å². The molecule has 0 amide bonds. The molecule has 0 aliphatic carbocycles. The lowest BCUT2D eigenvalue weighted by Crippen LogP contribution is -2.48. The Morgan fingerprint density at radius 1 is 0.963 bits per heavy atom. The van der Waals surface area contributed by atoms with Gasteiger partial charge in [0.2, 0.25) is 10.0 Å². The van der Waals surface area contributed by atoms with E-state index >= 15 is 0 Å². The molecule has 0 unspecified atom stereocenters. The summed E-state index contributed by atoms with van der Waals surface area (Å²) in [7, 11) is -3.29. The lowest BCUT2D eigenvalue weighted by molar-refractivity contribution is -0.274. The van der Waals surface area contributed by atoms with Crippen molar-refractivity contribution < 1.29 is 31.1 Å². The molecule has 1 N–H and O–H groups in total. The first-order valence-electron chi connectivity index (χ1n) is 8.96. The van der Waals surface area contributed by atoms with E-state index in [9.17, 15) is 21.6 Å². The molecule has 2 saturated heterocycles. The largest absolute Gasteiger partial charge is 0.573 e. The topological polar surface area (TPSA) is 67.9 Å². The Hall–Kier alpha value is -1.52. The first-order chi connectivity index (χ1) is 12.7. The highest BCUT2D eigenvalue weighted by Crippen LogP contribution is 2.27. The lowest BCUT2D eigenvalue weighted by atomic mass is 10.1. The van der Waals surface area contributed by atoms with Crippen LogP contribution < -0.4 is 14.8 Å². The van der Waals surface area contributed by atoms with Crippen LogP contribution in [0, 0.1) is 0 Å². The zero-order valence-electron chi connectivity index (χ0n) is 14.7. The van der Waals surface area contributed by atoms with Crippen molar-refractivity contribution >= 4 is 10.0 Å². The second-order valence-electron chi connectivity index (χ2n) is 6.73. The molecule has 0 atom stereocenters. The maximum absolute atomic E-state index is 12.7. The van der Waals surface area contributed by atoms with E-state index < -0.39 is 16.4 Å². The zero-order valence-corrected chi connectivity index (χ0v) is 15.6. The lowest BCUT2D eigenvalue weighted by Gasteiger charge is -2.35. The van der Waals surface area contributed by atoms with Crippen molar-refractivity contribution in [3.05, 3.63) is 24.3 Å². The number of nitrogens with zero attached hydrogens (tertiary/aromatic N) is 1. The first-order valence-corrected chi connectivity index (χ1v) is 10.5. The van der Waals surface area contributed by atoms with Crippen LogP contribution >= 0.6 is 0 Å². The van der Waals surface area contributed by atoms with Gasteiger partial charge in [-0.3, -0.25) is 0 Å². The molecule has 0 radical (unpaired) electrons. The summed E-state index contributed by atoms with van der Waals surface area (Å²) in [6.45, 7) is 2.23. The molecule has 6 nitrogen and oxygen atoms in total. The fourth-order valence-corrected chi connectivity index (χ4v) is 5.39. The van der Waals surface area contributed by atoms with Gasteiger partial charge in [0.05, 0.1) is 5.25 Å². The number of hydrogen-bond acceptors (Lipinski definition) is 5. The maximum atomic E-state index is 12.7. The van der Waals surface area contributed by atoms with Crippen molar-refractivity contribution in [1.82, 2.24) is 9.62 Å². The molecular weight excluding hydrogens is 385 g/mol. The quantitative estimate of drug-likeness (QED) is 0.811. The third kappa shape index (κ3) is 5.49. The van der Waals surface area contributed by atoms with Crippen LogP contribution in [0.2, 0.25) is 0 Å². The van der Waals surface area contributed by atoms with Gasteiger partial charge in [-0.2, -0.15) is 0 Å². The molecule has 1 aromatic rings. The molecule has 3 rings (SSSR count). The highest BCUT2D eigenvalue weighted by atomic mass is 32.2. The van der Waals surface area contributed by atoms with E-state index in [4.69, 9.17) is 4.74 Å². The second-order valence-corrected chi connectivity index (χ2v) is 8.94. The van der Waals surface area contributed by atoms with Gasteiger partial charge in [-0.15, -0.1) is 13.2 Å². The monoisotopic (exact) mass is 408 g/mol. The van der Waals surface area contributed by atoms with Crippen molar-refractivity contribution in [2.24, 2.45) is 0 Å². The summed E-state index contributed by atoms with van der Waals surface area (Å²) in [5.41, 5.74) is 0. The molecule has 1 aromatic carbocycles. The van der Waals surface area contributed by atoms with Crippen LogP contribution in [0.25, 0.3) is 0 Å². The molecular formula is C17H23F3N2O4S. The molecule has 2 aliphatic rings. The van der Waals surface area contributed by atoms with Gasteiger partial charge in [-0.1, -0.05) is 0 Å². The molecule has 2 heterocycles. The van der Waals surface area contributed by atoms with E-state index in [0.717, 1.165) is 13.1 Å². The Balaban J connectivity index is 1.50. The van der Waals surface area contributed by atoms with Crippen LogP contribution in [0.15, 0.2) is 24.3 Å². The summed E-state index contributed by atoms with van der Waals surface area (Å²) >= 11 is 0. The minimum Gasteiger partial charge on any atom is -0.490 e. The van der Waals surface area contributed by atoms with E-state index in [1.54, 1.807) is 4.31 Å². The Labute approximate surface area is 156 Å². The normalized spacial score (nSPS) is 21.1. The highest BCUT2D eigenvalue weighted by molar-refractivity contribution is 7.89. The first kappa shape index (κ1) is 20.2. The van der Waals surface area contributed by atoms with Gasteiger partial charge in [-0.25, -0.2) is 12.7 Å². The number of alkyl halides is 3. The van der Waals surface area contributed by atoms with Gasteiger partial charge in [0.25, 0.3) is 0 Å². The Morgan fingerprint density at radius 3 is 2.07 bits per heavy atom. The van der Waals surface area contributed by atoms with Crippen LogP contribution in [-0.4, -0.2) is 56.6 Å². The van der Waals surface area contributed by atoms with Gasteiger partial charge in [0.1, 0.15) is 17.6 Å². The predicted octanol–water partition coefficient (Wildman–Crippen LogP) is 2.51. The smallest absolute Gasteiger partial charge is 0.490 e. The standard InChI is InChI=1S/C17H23F3N2O4S/c18-17(19,20)26-15-3-1-13(2-4-15)25-14-7-11-22(12-8-14)27(23,24)16-5-9-21-10-6-16/h1-4,14,16,21H,5-12H2. The minimum absolute atomic E-state index is 0.168. The molecule has 0 saturated carbocycles. The highest BCUT2D eigenvalue weighted by Gasteiger charge is 2.35. The third-order valence-electron chi connectivity index (χ3n) is 4.83. The molecule has 10 heteroatoms. The van der Waals surface area contributed by atoms with E-state index in [-0.39, 0.29) is 17.1 Å². The Kier molecular flexibility index (Phi) is 6.17. The Morgan fingerprint density at radius 2 is 1.52 bits per heavy atom. The number of ether oxygens (including phenoxy) is 2. The number of benzene rings is 1. The molecule has 2 fully saturated rings. The SMILES string of the molecule is O=S(=O)(C1CCNCC1)N1CCC(Oc2ccc(OC(F)(F)F)cc2)CC1. The summed E-state index contributed by atoms with van der Waals surface area (Å²) in [5, 5.41) is 2.84. The average Bonchev–Trinajstić information content (AvgIpc) is 2.63. The van der Waals surface area contributed by atoms with E-state index in [1.807, 2.05) is 0 Å². The van der Waals surface area contributed by atoms with Crippen LogP contribution in [0.1, 0.15) is 25.7 Å². The van der Waals surface area contributed by atoms with Crippen LogP contribution in [0.5, 0.6) is 11.5 Å². The number of nitrogens with one attached hydrogen (secondary N) is 1. The number of sulfonamides is 1. The number of piperidine rings is 2. The molecule has 27 heavy (non-hydrogen) atoms. The van der Waals surface area contributed by atoms with Gasteiger partial charge in [0.15, 0.2) is 0 Å². The summed E-state index contributed by atoms with van der Waals surface area (Å²) in [4.78, 5) is 0. The van der Waals surface area contributed by atoms with Crippen LogP contribution in [0.4, 0.5) is 13.2 Å². The van der Waals surface area contributed by atoms with Gasteiger partial charge >= 0.3 is 6.36 Å². The van der Waals surface area contributed by atoms with E-state index in [1.165, 1.54) is 24.3 Å². The second kappa shape index (κ2) is 8.24. The van der Waals surface area contributed by atoms with Crippen LogP contribution in [0.3, 0.4) is 0 Å². The molecule has 0 aromatic heterocycles. The molecule has 0 spiro atoms. The van der Waals surface area contributed by atoms with Crippen molar-refractivity contribution in [1.29, 1.82) is 0 Å². The molecule has 2 aliphatic heterocycles. The van der Waals surface area contributed by atoms with Crippen molar-refractivity contribution in [3.63, 3.8) is 0 Å². The van der Waals surface area contributed by atoms with Gasteiger partial charge in [-0.05, 0) is 63.0 Å². The fourth-order valence-electron chi connectivity index (χ4n) is 3.42. The van der Waals surface area contributed by atoms with Crippen LogP contribution in [-0.2, 0) is 10.0 Å². The summed E-state index contributed by atoms with van der Waals surface area (Å²) < 4.78 is 73.1. The van der Waals surface area contributed by atoms with Crippen molar-refractivity contribution in [2.75, 3.05) is 26.2 Å². The third-order valence-corrected chi connectivity index (χ3v) is 7.23. The number of halogens is 3. The Bertz CT molecular complexity index is 711. The fraction of sp³-hybridized carbons (Fsp3) is 0.647. The zero-order chi connectivity index (χ0) is 19.5. The molecule has 0 bridgehead atoms. The predicted molar refractivity (Wildman–Crippen MR) is 93.2 cm³/mol. The summed E-state index contributed by atoms with van der Waals surface area (Å²) in [6.07, 6.45) is -2.54. The summed E-state index contributed by atoms with van der Waals surface area (Å²) in [5.74, 6) is 0.127. The summed E-state index contributed by atoms with van der Waals surface area (Å²) in [6, 6.07) is 5.22. The molecule has 152 valence electrons. The minimum atomic E-state index is -4.73. The van der Waals surface area contributed by atoms with E-state index in [0.29, 0.717) is 44.5 Å². The van der Waals surface area contributed by atoms with Crippen molar-refractivity contribution in [3.8, 4) is 11.5 Å². The van der Waals surface area contributed by atoms with E-state index in [2.05, 4.69) is 10.1 Å². The maximum Gasteiger partial charge on any atom is 0.573 e. The van der Waals surface area contributed by atoms with Gasteiger partial charge < -0.3 is 14.8 Å². The number of rotatable bonds is 5. The van der Waals surface area contributed by atoms with Crippen molar-refractivity contribution in [2.45, 2.75) is 43.4 Å². The number of hydrogen-bond donors (Lipinski definition) is 1. The average molecular weight is 408 g/mol.